The van der Waals surface area contributed by atoms with Crippen LogP contribution in [-0.4, -0.2) is 30.1 Å². The van der Waals surface area contributed by atoms with Crippen LogP contribution >= 0.6 is 0 Å². The van der Waals surface area contributed by atoms with E-state index in [-0.39, 0.29) is 5.54 Å². The molecule has 1 atom stereocenters. The number of benzene rings is 1. The molecule has 0 saturated carbocycles. The van der Waals surface area contributed by atoms with Gasteiger partial charge in [0.1, 0.15) is 0 Å². The molecule has 0 spiro atoms. The Kier molecular flexibility index (Phi) is 4.53. The Morgan fingerprint density at radius 2 is 2.16 bits per heavy atom. The van der Waals surface area contributed by atoms with Crippen LogP contribution in [0, 0.1) is 11.6 Å². The minimum atomic E-state index is -0.760. The minimum absolute atomic E-state index is 0.0559. The molecule has 0 radical (unpaired) electrons. The van der Waals surface area contributed by atoms with Gasteiger partial charge in [0.2, 0.25) is 0 Å². The molecule has 1 aromatic carbocycles. The third-order valence-corrected chi connectivity index (χ3v) is 3.98. The Hall–Kier alpha value is -1.00. The predicted molar refractivity (Wildman–Crippen MR) is 73.0 cm³/mol. The van der Waals surface area contributed by atoms with Crippen molar-refractivity contribution in [2.75, 3.05) is 19.6 Å². The van der Waals surface area contributed by atoms with Gasteiger partial charge in [-0.3, -0.25) is 4.90 Å². The lowest BCUT2D eigenvalue weighted by Crippen LogP contribution is -2.48. The van der Waals surface area contributed by atoms with Gasteiger partial charge in [-0.2, -0.15) is 0 Å². The lowest BCUT2D eigenvalue weighted by Gasteiger charge is -2.32. The Morgan fingerprint density at radius 3 is 2.89 bits per heavy atom. The molecule has 1 N–H and O–H groups in total. The van der Waals surface area contributed by atoms with E-state index in [4.69, 9.17) is 0 Å². The van der Waals surface area contributed by atoms with E-state index in [9.17, 15) is 8.78 Å². The van der Waals surface area contributed by atoms with Crippen molar-refractivity contribution in [1.29, 1.82) is 0 Å². The van der Waals surface area contributed by atoms with Crippen LogP contribution < -0.4 is 5.32 Å². The maximum absolute atomic E-state index is 13.7. The highest BCUT2D eigenvalue weighted by molar-refractivity contribution is 5.19. The average Bonchev–Trinajstić information content (AvgIpc) is 2.58. The predicted octanol–water partition coefficient (Wildman–Crippen LogP) is 2.93. The SMILES string of the molecule is CCC1(C)CN(Cc2cccc(F)c2F)CCCN1. The van der Waals surface area contributed by atoms with Gasteiger partial charge in [0.15, 0.2) is 11.6 Å². The second-order valence-electron chi connectivity index (χ2n) is 5.62. The Bertz CT molecular complexity index is 436. The number of hydrogen-bond donors (Lipinski definition) is 1. The summed E-state index contributed by atoms with van der Waals surface area (Å²) in [6.45, 7) is 7.57. The smallest absolute Gasteiger partial charge is 0.163 e. The van der Waals surface area contributed by atoms with Crippen LogP contribution in [0.3, 0.4) is 0 Å². The van der Waals surface area contributed by atoms with E-state index < -0.39 is 11.6 Å². The first kappa shape index (κ1) is 14.4. The zero-order chi connectivity index (χ0) is 13.9. The van der Waals surface area contributed by atoms with E-state index in [0.29, 0.717) is 12.1 Å². The van der Waals surface area contributed by atoms with Crippen LogP contribution in [0.15, 0.2) is 18.2 Å². The fourth-order valence-electron chi connectivity index (χ4n) is 2.60. The van der Waals surface area contributed by atoms with E-state index in [1.165, 1.54) is 6.07 Å². The summed E-state index contributed by atoms with van der Waals surface area (Å²) in [5, 5.41) is 3.54. The Morgan fingerprint density at radius 1 is 1.37 bits per heavy atom. The molecule has 106 valence electrons. The average molecular weight is 268 g/mol. The molecule has 1 aliphatic rings. The van der Waals surface area contributed by atoms with Gasteiger partial charge in [0.25, 0.3) is 0 Å². The van der Waals surface area contributed by atoms with Gasteiger partial charge in [0.05, 0.1) is 0 Å². The quantitative estimate of drug-likeness (QED) is 0.906. The molecule has 0 amide bonds. The summed E-state index contributed by atoms with van der Waals surface area (Å²) in [6, 6.07) is 4.40. The summed E-state index contributed by atoms with van der Waals surface area (Å²) in [5.74, 6) is -1.47. The Labute approximate surface area is 113 Å². The van der Waals surface area contributed by atoms with Crippen molar-refractivity contribution < 1.29 is 8.78 Å². The highest BCUT2D eigenvalue weighted by atomic mass is 19.2. The topological polar surface area (TPSA) is 15.3 Å². The third-order valence-electron chi connectivity index (χ3n) is 3.98. The van der Waals surface area contributed by atoms with Crippen molar-refractivity contribution in [3.8, 4) is 0 Å². The summed E-state index contributed by atoms with van der Waals surface area (Å²) in [6.07, 6.45) is 2.06. The molecule has 0 aromatic heterocycles. The van der Waals surface area contributed by atoms with Gasteiger partial charge < -0.3 is 5.32 Å². The molecular formula is C15H22F2N2. The normalized spacial score (nSPS) is 25.3. The van der Waals surface area contributed by atoms with Crippen molar-refractivity contribution in [3.63, 3.8) is 0 Å². The zero-order valence-corrected chi connectivity index (χ0v) is 11.7. The number of halogens is 2. The molecule has 19 heavy (non-hydrogen) atoms. The van der Waals surface area contributed by atoms with Gasteiger partial charge in [-0.15, -0.1) is 0 Å². The van der Waals surface area contributed by atoms with Crippen molar-refractivity contribution in [3.05, 3.63) is 35.4 Å². The third kappa shape index (κ3) is 3.51. The molecule has 1 fully saturated rings. The number of nitrogens with zero attached hydrogens (tertiary/aromatic N) is 1. The lowest BCUT2D eigenvalue weighted by atomic mass is 9.98. The van der Waals surface area contributed by atoms with Gasteiger partial charge in [-0.05, 0) is 38.9 Å². The largest absolute Gasteiger partial charge is 0.310 e. The van der Waals surface area contributed by atoms with Crippen LogP contribution in [0.1, 0.15) is 32.3 Å². The van der Waals surface area contributed by atoms with Crippen LogP contribution in [0.4, 0.5) is 8.78 Å². The van der Waals surface area contributed by atoms with Gasteiger partial charge >= 0.3 is 0 Å². The molecule has 1 heterocycles. The maximum atomic E-state index is 13.7. The zero-order valence-electron chi connectivity index (χ0n) is 11.7. The van der Waals surface area contributed by atoms with E-state index in [2.05, 4.69) is 24.1 Å². The standard InChI is InChI=1S/C15H22F2N2/c1-3-15(2)11-19(9-5-8-18-15)10-12-6-4-7-13(16)14(12)17/h4,6-7,18H,3,5,8-11H2,1-2H3. The number of nitrogens with one attached hydrogen (secondary N) is 1. The molecule has 2 nitrogen and oxygen atoms in total. The van der Waals surface area contributed by atoms with Gasteiger partial charge in [-0.1, -0.05) is 19.1 Å². The highest BCUT2D eigenvalue weighted by Crippen LogP contribution is 2.19. The first-order valence-electron chi connectivity index (χ1n) is 6.94. The molecular weight excluding hydrogens is 246 g/mol. The van der Waals surface area contributed by atoms with Crippen LogP contribution in [0.5, 0.6) is 0 Å². The monoisotopic (exact) mass is 268 g/mol. The van der Waals surface area contributed by atoms with Crippen molar-refractivity contribution in [1.82, 2.24) is 10.2 Å². The molecule has 1 aromatic rings. The summed E-state index contributed by atoms with van der Waals surface area (Å²) in [4.78, 5) is 2.21. The van der Waals surface area contributed by atoms with Crippen molar-refractivity contribution in [2.45, 2.75) is 38.8 Å². The van der Waals surface area contributed by atoms with Crippen LogP contribution in [0.2, 0.25) is 0 Å². The van der Waals surface area contributed by atoms with E-state index in [0.717, 1.165) is 32.5 Å². The summed E-state index contributed by atoms with van der Waals surface area (Å²) < 4.78 is 26.9. The molecule has 4 heteroatoms. The summed E-state index contributed by atoms with van der Waals surface area (Å²) >= 11 is 0. The molecule has 1 aliphatic heterocycles. The molecule has 2 rings (SSSR count). The highest BCUT2D eigenvalue weighted by Gasteiger charge is 2.27. The number of rotatable bonds is 3. The second kappa shape index (κ2) is 5.97. The minimum Gasteiger partial charge on any atom is -0.310 e. The molecule has 1 saturated heterocycles. The first-order valence-corrected chi connectivity index (χ1v) is 6.94. The first-order chi connectivity index (χ1) is 9.04. The fraction of sp³-hybridized carbons (Fsp3) is 0.600. The molecule has 1 unspecified atom stereocenters. The molecule has 0 bridgehead atoms. The van der Waals surface area contributed by atoms with Crippen molar-refractivity contribution in [2.24, 2.45) is 0 Å². The van der Waals surface area contributed by atoms with E-state index in [1.807, 2.05) is 0 Å². The van der Waals surface area contributed by atoms with Crippen LogP contribution in [0.25, 0.3) is 0 Å². The van der Waals surface area contributed by atoms with E-state index >= 15 is 0 Å². The summed E-state index contributed by atoms with van der Waals surface area (Å²) in [7, 11) is 0. The van der Waals surface area contributed by atoms with E-state index in [1.54, 1.807) is 12.1 Å². The summed E-state index contributed by atoms with van der Waals surface area (Å²) in [5.41, 5.74) is 0.501. The fourth-order valence-corrected chi connectivity index (χ4v) is 2.60. The molecule has 0 aliphatic carbocycles. The Balaban J connectivity index is 2.11. The van der Waals surface area contributed by atoms with Crippen LogP contribution in [-0.2, 0) is 6.54 Å². The maximum Gasteiger partial charge on any atom is 0.163 e. The second-order valence-corrected chi connectivity index (χ2v) is 5.62. The lowest BCUT2D eigenvalue weighted by molar-refractivity contribution is 0.206. The number of hydrogen-bond acceptors (Lipinski definition) is 2. The van der Waals surface area contributed by atoms with Gasteiger partial charge in [0, 0.05) is 24.2 Å². The van der Waals surface area contributed by atoms with Crippen molar-refractivity contribution >= 4 is 0 Å². The van der Waals surface area contributed by atoms with Gasteiger partial charge in [-0.25, -0.2) is 8.78 Å².